The lowest BCUT2D eigenvalue weighted by molar-refractivity contribution is -0.384. The van der Waals surface area contributed by atoms with E-state index >= 15 is 0 Å². The fraction of sp³-hybridized carbons (Fsp3) is 0.158. The minimum Gasteiger partial charge on any atom is -0.503 e. The minimum atomic E-state index is -0.928. The maximum atomic E-state index is 12.6. The Bertz CT molecular complexity index is 947. The first kappa shape index (κ1) is 17.3. The zero-order valence-electron chi connectivity index (χ0n) is 14.2. The van der Waals surface area contributed by atoms with Gasteiger partial charge in [-0.05, 0) is 31.5 Å². The van der Waals surface area contributed by atoms with Gasteiger partial charge in [-0.2, -0.15) is 0 Å². The van der Waals surface area contributed by atoms with Crippen LogP contribution in [0.2, 0.25) is 0 Å². The third kappa shape index (κ3) is 2.83. The maximum absolute atomic E-state index is 12.6. The average molecular weight is 352 g/mol. The van der Waals surface area contributed by atoms with Gasteiger partial charge in [0.1, 0.15) is 0 Å². The fourth-order valence-electron chi connectivity index (χ4n) is 3.06. The van der Waals surface area contributed by atoms with Crippen molar-refractivity contribution in [1.82, 2.24) is 0 Å². The topological polar surface area (TPSA) is 101 Å². The summed E-state index contributed by atoms with van der Waals surface area (Å²) in [5, 5.41) is 21.4. The van der Waals surface area contributed by atoms with Crippen LogP contribution < -0.4 is 4.90 Å². The molecule has 26 heavy (non-hydrogen) atoms. The van der Waals surface area contributed by atoms with Gasteiger partial charge in [-0.1, -0.05) is 29.8 Å². The number of aryl methyl sites for hydroxylation is 1. The second kappa shape index (κ2) is 6.44. The highest BCUT2D eigenvalue weighted by Gasteiger charge is 2.43. The standard InChI is InChI=1S/C19H16N2O5/c1-11-6-8-14(9-7-11)20-17(16(12(2)22)18(23)19(20)24)13-4-3-5-15(10-13)21(25)26/h3-10,17,23H,1-2H3/t17-/m0/s1. The zero-order chi connectivity index (χ0) is 19.0. The number of anilines is 1. The number of nitro groups is 1. The van der Waals surface area contributed by atoms with E-state index in [2.05, 4.69) is 0 Å². The molecule has 0 unspecified atom stereocenters. The lowest BCUT2D eigenvalue weighted by atomic mass is 9.96. The summed E-state index contributed by atoms with van der Waals surface area (Å²) in [4.78, 5) is 36.6. The molecule has 0 saturated heterocycles. The number of non-ortho nitro benzene ring substituents is 1. The molecule has 1 heterocycles. The number of benzene rings is 2. The van der Waals surface area contributed by atoms with Crippen LogP contribution in [0.3, 0.4) is 0 Å². The first-order valence-corrected chi connectivity index (χ1v) is 7.90. The van der Waals surface area contributed by atoms with Crippen molar-refractivity contribution in [3.8, 4) is 0 Å². The van der Waals surface area contributed by atoms with Crippen LogP contribution in [0.1, 0.15) is 24.1 Å². The van der Waals surface area contributed by atoms with Crippen molar-refractivity contribution in [2.45, 2.75) is 19.9 Å². The van der Waals surface area contributed by atoms with Crippen LogP contribution in [0.25, 0.3) is 0 Å². The van der Waals surface area contributed by atoms with Crippen molar-refractivity contribution in [2.24, 2.45) is 0 Å². The fourth-order valence-corrected chi connectivity index (χ4v) is 3.06. The van der Waals surface area contributed by atoms with Crippen LogP contribution in [-0.4, -0.2) is 21.7 Å². The third-order valence-corrected chi connectivity index (χ3v) is 4.30. The molecule has 2 aromatic carbocycles. The number of aliphatic hydroxyl groups excluding tert-OH is 1. The summed E-state index contributed by atoms with van der Waals surface area (Å²) in [6.45, 7) is 3.15. The smallest absolute Gasteiger partial charge is 0.294 e. The first-order chi connectivity index (χ1) is 12.3. The Morgan fingerprint density at radius 1 is 1.19 bits per heavy atom. The quantitative estimate of drug-likeness (QED) is 0.671. The number of nitro benzene ring substituents is 1. The first-order valence-electron chi connectivity index (χ1n) is 7.90. The summed E-state index contributed by atoms with van der Waals surface area (Å²) in [7, 11) is 0. The summed E-state index contributed by atoms with van der Waals surface area (Å²) in [5.74, 6) is -1.81. The molecule has 0 spiro atoms. The maximum Gasteiger partial charge on any atom is 0.294 e. The number of carbonyl (C=O) groups is 2. The molecule has 1 N–H and O–H groups in total. The van der Waals surface area contributed by atoms with E-state index in [9.17, 15) is 24.8 Å². The molecule has 0 aromatic heterocycles. The molecule has 1 aliphatic heterocycles. The van der Waals surface area contributed by atoms with Crippen LogP contribution in [-0.2, 0) is 9.59 Å². The van der Waals surface area contributed by atoms with Crippen molar-refractivity contribution in [2.75, 3.05) is 4.90 Å². The molecule has 0 saturated carbocycles. The van der Waals surface area contributed by atoms with Crippen molar-refractivity contribution in [3.05, 3.63) is 81.1 Å². The Labute approximate surface area is 149 Å². The van der Waals surface area contributed by atoms with Gasteiger partial charge < -0.3 is 5.11 Å². The summed E-state index contributed by atoms with van der Waals surface area (Å²) >= 11 is 0. The largest absolute Gasteiger partial charge is 0.503 e. The van der Waals surface area contributed by atoms with Gasteiger partial charge in [0.2, 0.25) is 0 Å². The Balaban J connectivity index is 2.19. The highest BCUT2D eigenvalue weighted by Crippen LogP contribution is 2.41. The number of hydrogen-bond donors (Lipinski definition) is 1. The van der Waals surface area contributed by atoms with E-state index in [4.69, 9.17) is 0 Å². The second-order valence-electron chi connectivity index (χ2n) is 6.08. The van der Waals surface area contributed by atoms with Gasteiger partial charge in [0.15, 0.2) is 11.5 Å². The molecule has 0 radical (unpaired) electrons. The van der Waals surface area contributed by atoms with Crippen molar-refractivity contribution in [3.63, 3.8) is 0 Å². The summed E-state index contributed by atoms with van der Waals surface area (Å²) in [6, 6.07) is 11.8. The van der Waals surface area contributed by atoms with E-state index in [-0.39, 0.29) is 11.3 Å². The van der Waals surface area contributed by atoms with Gasteiger partial charge in [0.25, 0.3) is 11.6 Å². The van der Waals surface area contributed by atoms with Gasteiger partial charge in [0.05, 0.1) is 16.5 Å². The van der Waals surface area contributed by atoms with Crippen molar-refractivity contribution < 1.29 is 19.6 Å². The number of amides is 1. The molecule has 0 bridgehead atoms. The molecule has 132 valence electrons. The molecule has 0 aliphatic carbocycles. The predicted molar refractivity (Wildman–Crippen MR) is 94.8 cm³/mol. The normalized spacial score (nSPS) is 16.9. The second-order valence-corrected chi connectivity index (χ2v) is 6.08. The monoisotopic (exact) mass is 352 g/mol. The number of ketones is 1. The molecule has 7 nitrogen and oxygen atoms in total. The molecule has 2 aromatic rings. The highest BCUT2D eigenvalue weighted by atomic mass is 16.6. The minimum absolute atomic E-state index is 0.0731. The van der Waals surface area contributed by atoms with Crippen LogP contribution in [0.5, 0.6) is 0 Å². The SMILES string of the molecule is CC(=O)C1=C(O)C(=O)N(c2ccc(C)cc2)[C@H]1c1cccc([N+](=O)[O-])c1. The lowest BCUT2D eigenvalue weighted by Gasteiger charge is -2.26. The summed E-state index contributed by atoms with van der Waals surface area (Å²) < 4.78 is 0. The zero-order valence-corrected chi connectivity index (χ0v) is 14.2. The Morgan fingerprint density at radius 3 is 2.42 bits per heavy atom. The highest BCUT2D eigenvalue weighted by molar-refractivity contribution is 6.16. The molecule has 7 heteroatoms. The summed E-state index contributed by atoms with van der Waals surface area (Å²) in [6.07, 6.45) is 0. The van der Waals surface area contributed by atoms with Gasteiger partial charge in [-0.15, -0.1) is 0 Å². The van der Waals surface area contributed by atoms with E-state index in [0.717, 1.165) is 5.56 Å². The van der Waals surface area contributed by atoms with Gasteiger partial charge in [-0.3, -0.25) is 24.6 Å². The van der Waals surface area contributed by atoms with E-state index in [1.807, 2.05) is 6.92 Å². The predicted octanol–water partition coefficient (Wildman–Crippen LogP) is 3.39. The van der Waals surface area contributed by atoms with E-state index in [1.165, 1.54) is 30.0 Å². The van der Waals surface area contributed by atoms with Crippen LogP contribution in [0.4, 0.5) is 11.4 Å². The Morgan fingerprint density at radius 2 is 1.85 bits per heavy atom. The van der Waals surface area contributed by atoms with Gasteiger partial charge in [-0.25, -0.2) is 0 Å². The third-order valence-electron chi connectivity index (χ3n) is 4.30. The lowest BCUT2D eigenvalue weighted by Crippen LogP contribution is -2.30. The van der Waals surface area contributed by atoms with Crippen LogP contribution >= 0.6 is 0 Å². The number of carbonyl (C=O) groups excluding carboxylic acids is 2. The van der Waals surface area contributed by atoms with Crippen molar-refractivity contribution in [1.29, 1.82) is 0 Å². The molecule has 1 aliphatic rings. The number of hydrogen-bond acceptors (Lipinski definition) is 5. The molecule has 0 fully saturated rings. The molecule has 3 rings (SSSR count). The molecule has 1 atom stereocenters. The van der Waals surface area contributed by atoms with E-state index in [0.29, 0.717) is 11.3 Å². The summed E-state index contributed by atoms with van der Waals surface area (Å²) in [5.41, 5.74) is 1.61. The number of nitrogens with zero attached hydrogens (tertiary/aromatic N) is 2. The van der Waals surface area contributed by atoms with Gasteiger partial charge >= 0.3 is 0 Å². The molecular formula is C19H16N2O5. The molecular weight excluding hydrogens is 336 g/mol. The Hall–Kier alpha value is -3.48. The van der Waals surface area contributed by atoms with E-state index < -0.39 is 28.4 Å². The number of rotatable bonds is 4. The molecule has 1 amide bonds. The van der Waals surface area contributed by atoms with Crippen molar-refractivity contribution >= 4 is 23.1 Å². The Kier molecular flexibility index (Phi) is 4.29. The van der Waals surface area contributed by atoms with Crippen LogP contribution in [0, 0.1) is 17.0 Å². The number of aliphatic hydroxyl groups is 1. The van der Waals surface area contributed by atoms with Gasteiger partial charge in [0, 0.05) is 17.8 Å². The van der Waals surface area contributed by atoms with E-state index in [1.54, 1.807) is 30.3 Å². The average Bonchev–Trinajstić information content (AvgIpc) is 2.87. The number of Topliss-reactive ketones (excluding diaryl/α,β-unsaturated/α-hetero) is 1. The van der Waals surface area contributed by atoms with Crippen LogP contribution in [0.15, 0.2) is 59.9 Å².